The molecule has 2 aromatic carbocycles. The van der Waals surface area contributed by atoms with Crippen LogP contribution in [0.5, 0.6) is 5.75 Å². The highest BCUT2D eigenvalue weighted by molar-refractivity contribution is 5.72. The Kier molecular flexibility index (Phi) is 5.00. The van der Waals surface area contributed by atoms with Crippen LogP contribution in [0.25, 0.3) is 22.4 Å². The minimum Gasteiger partial charge on any atom is -0.486 e. The molecule has 146 valence electrons. The highest BCUT2D eigenvalue weighted by atomic mass is 16.5. The van der Waals surface area contributed by atoms with Crippen molar-refractivity contribution >= 4 is 17.3 Å². The summed E-state index contributed by atoms with van der Waals surface area (Å²) >= 11 is 0. The molecule has 0 aliphatic rings. The summed E-state index contributed by atoms with van der Waals surface area (Å²) in [6.45, 7) is 0.331. The number of hydrazine groups is 1. The molecule has 0 saturated heterocycles. The van der Waals surface area contributed by atoms with Crippen molar-refractivity contribution in [1.29, 1.82) is 0 Å². The van der Waals surface area contributed by atoms with Gasteiger partial charge < -0.3 is 21.6 Å². The van der Waals surface area contributed by atoms with Gasteiger partial charge in [0.1, 0.15) is 23.9 Å². The van der Waals surface area contributed by atoms with Gasteiger partial charge in [0.2, 0.25) is 0 Å². The van der Waals surface area contributed by atoms with Crippen LogP contribution in [0.2, 0.25) is 0 Å². The van der Waals surface area contributed by atoms with E-state index in [1.54, 1.807) is 12.3 Å². The molecule has 8 N–H and O–H groups in total. The molecule has 29 heavy (non-hydrogen) atoms. The van der Waals surface area contributed by atoms with Gasteiger partial charge in [0.25, 0.3) is 0 Å². The number of rotatable bonds is 6. The van der Waals surface area contributed by atoms with E-state index in [1.807, 2.05) is 18.2 Å². The molecule has 4 aromatic rings. The van der Waals surface area contributed by atoms with Crippen molar-refractivity contribution in [3.63, 3.8) is 0 Å². The smallest absolute Gasteiger partial charge is 0.169 e. The lowest BCUT2D eigenvalue weighted by atomic mass is 10.0. The lowest BCUT2D eigenvalue weighted by Gasteiger charge is -2.13. The maximum absolute atomic E-state index is 6.01. The largest absolute Gasteiger partial charge is 0.486 e. The van der Waals surface area contributed by atoms with E-state index in [0.29, 0.717) is 18.0 Å². The second-order valence-corrected chi connectivity index (χ2v) is 6.49. The highest BCUT2D eigenvalue weighted by Gasteiger charge is 2.10. The van der Waals surface area contributed by atoms with Crippen LogP contribution in [0, 0.1) is 0 Å². The third-order valence-electron chi connectivity index (χ3n) is 4.53. The van der Waals surface area contributed by atoms with Crippen molar-refractivity contribution in [2.45, 2.75) is 6.61 Å². The number of ether oxygens (including phenoxy) is 1. The molecule has 0 bridgehead atoms. The number of nitrogen functional groups attached to an aromatic ring is 3. The van der Waals surface area contributed by atoms with Crippen molar-refractivity contribution in [3.8, 4) is 28.1 Å². The molecular formula is C21H21N7O. The summed E-state index contributed by atoms with van der Waals surface area (Å²) in [6, 6.07) is 19.9. The number of hydrogen-bond donors (Lipinski definition) is 5. The lowest BCUT2D eigenvalue weighted by molar-refractivity contribution is 0.308. The van der Waals surface area contributed by atoms with Gasteiger partial charge in [0, 0.05) is 12.3 Å². The molecule has 8 heteroatoms. The van der Waals surface area contributed by atoms with Gasteiger partial charge in [-0.05, 0) is 34.4 Å². The maximum atomic E-state index is 6.01. The SMILES string of the molecule is NNc1nc(N)cc(OCc2cccc(-c3ccc(-c4ccn[nH]4)cc3)c2)c1N. The Morgan fingerprint density at radius 1 is 0.931 bits per heavy atom. The van der Waals surface area contributed by atoms with E-state index in [1.165, 1.54) is 0 Å². The fraction of sp³-hybridized carbons (Fsp3) is 0.0476. The van der Waals surface area contributed by atoms with Crippen LogP contribution in [-0.4, -0.2) is 15.2 Å². The zero-order valence-electron chi connectivity index (χ0n) is 15.6. The van der Waals surface area contributed by atoms with Crippen LogP contribution in [-0.2, 0) is 6.61 Å². The molecule has 0 spiro atoms. The Labute approximate surface area is 167 Å². The van der Waals surface area contributed by atoms with Gasteiger partial charge >= 0.3 is 0 Å². The average Bonchev–Trinajstić information content (AvgIpc) is 3.29. The molecule has 0 atom stereocenters. The van der Waals surface area contributed by atoms with Crippen molar-refractivity contribution in [2.75, 3.05) is 16.9 Å². The second-order valence-electron chi connectivity index (χ2n) is 6.49. The number of nitrogens with zero attached hydrogens (tertiary/aromatic N) is 2. The highest BCUT2D eigenvalue weighted by Crippen LogP contribution is 2.30. The van der Waals surface area contributed by atoms with Gasteiger partial charge in [-0.2, -0.15) is 5.10 Å². The molecule has 0 radical (unpaired) electrons. The fourth-order valence-electron chi connectivity index (χ4n) is 3.04. The summed E-state index contributed by atoms with van der Waals surface area (Å²) in [6.07, 6.45) is 1.74. The number of aromatic amines is 1. The van der Waals surface area contributed by atoms with Crippen LogP contribution in [0.15, 0.2) is 66.9 Å². The van der Waals surface area contributed by atoms with Crippen molar-refractivity contribution in [3.05, 3.63) is 72.4 Å². The van der Waals surface area contributed by atoms with E-state index in [2.05, 4.69) is 57.0 Å². The second kappa shape index (κ2) is 7.91. The topological polar surface area (TPSA) is 141 Å². The molecule has 0 unspecified atom stereocenters. The van der Waals surface area contributed by atoms with Crippen LogP contribution in [0.4, 0.5) is 17.3 Å². The standard InChI is InChI=1S/C21H21N7O/c22-19-11-18(20(23)21(26-19)27-24)29-12-13-2-1-3-16(10-13)14-4-6-15(7-5-14)17-8-9-25-28-17/h1-11H,12,23-24H2,(H,25,28)(H3,22,26,27). The number of anilines is 3. The zero-order chi connectivity index (χ0) is 20.2. The summed E-state index contributed by atoms with van der Waals surface area (Å²) in [5.74, 6) is 6.40. The lowest BCUT2D eigenvalue weighted by Crippen LogP contribution is -2.13. The van der Waals surface area contributed by atoms with Crippen LogP contribution in [0.1, 0.15) is 5.56 Å². The third-order valence-corrected chi connectivity index (χ3v) is 4.53. The van der Waals surface area contributed by atoms with Crippen molar-refractivity contribution < 1.29 is 4.74 Å². The number of aromatic nitrogens is 3. The Bertz CT molecular complexity index is 1110. The molecular weight excluding hydrogens is 366 g/mol. The predicted molar refractivity (Wildman–Crippen MR) is 115 cm³/mol. The van der Waals surface area contributed by atoms with E-state index in [0.717, 1.165) is 27.9 Å². The van der Waals surface area contributed by atoms with Crippen LogP contribution >= 0.6 is 0 Å². The zero-order valence-corrected chi connectivity index (χ0v) is 15.6. The number of pyridine rings is 1. The van der Waals surface area contributed by atoms with Crippen molar-refractivity contribution in [1.82, 2.24) is 15.2 Å². The molecule has 0 saturated carbocycles. The molecule has 0 fully saturated rings. The summed E-state index contributed by atoms with van der Waals surface area (Å²) in [7, 11) is 0. The molecule has 2 heterocycles. The molecule has 0 amide bonds. The van der Waals surface area contributed by atoms with Crippen LogP contribution in [0.3, 0.4) is 0 Å². The molecule has 0 aliphatic heterocycles. The first-order valence-electron chi connectivity index (χ1n) is 8.98. The monoisotopic (exact) mass is 387 g/mol. The van der Waals surface area contributed by atoms with Crippen molar-refractivity contribution in [2.24, 2.45) is 5.84 Å². The number of benzene rings is 2. The first-order chi connectivity index (χ1) is 14.1. The van der Waals surface area contributed by atoms with E-state index < -0.39 is 0 Å². The van der Waals surface area contributed by atoms with Gasteiger partial charge in [-0.3, -0.25) is 5.10 Å². The Hall–Kier alpha value is -4.04. The Balaban J connectivity index is 1.52. The molecule has 8 nitrogen and oxygen atoms in total. The predicted octanol–water partition coefficient (Wildman–Crippen LogP) is 3.17. The summed E-state index contributed by atoms with van der Waals surface area (Å²) < 4.78 is 5.85. The molecule has 0 aliphatic carbocycles. The van der Waals surface area contributed by atoms with Gasteiger partial charge in [-0.1, -0.05) is 42.5 Å². The van der Waals surface area contributed by atoms with Gasteiger partial charge in [0.15, 0.2) is 5.82 Å². The Morgan fingerprint density at radius 3 is 2.45 bits per heavy atom. The average molecular weight is 387 g/mol. The van der Waals surface area contributed by atoms with E-state index >= 15 is 0 Å². The van der Waals surface area contributed by atoms with E-state index in [9.17, 15) is 0 Å². The molecule has 2 aromatic heterocycles. The maximum Gasteiger partial charge on any atom is 0.169 e. The van der Waals surface area contributed by atoms with E-state index in [4.69, 9.17) is 22.0 Å². The number of hydrogen-bond acceptors (Lipinski definition) is 7. The van der Waals surface area contributed by atoms with Gasteiger partial charge in [-0.25, -0.2) is 10.8 Å². The quantitative estimate of drug-likeness (QED) is 0.253. The first-order valence-corrected chi connectivity index (χ1v) is 8.98. The molecule has 4 rings (SSSR count). The fourth-order valence-corrected chi connectivity index (χ4v) is 3.04. The summed E-state index contributed by atoms with van der Waals surface area (Å²) in [4.78, 5) is 4.02. The third kappa shape index (κ3) is 3.97. The number of nitrogens with two attached hydrogens (primary N) is 3. The number of nitrogens with one attached hydrogen (secondary N) is 2. The normalized spacial score (nSPS) is 10.7. The first kappa shape index (κ1) is 18.3. The number of H-pyrrole nitrogens is 1. The Morgan fingerprint density at radius 2 is 1.72 bits per heavy atom. The van der Waals surface area contributed by atoms with Gasteiger partial charge in [0.05, 0.1) is 5.69 Å². The minimum atomic E-state index is 0.272. The summed E-state index contributed by atoms with van der Waals surface area (Å²) in [5, 5.41) is 6.96. The van der Waals surface area contributed by atoms with Crippen LogP contribution < -0.4 is 27.5 Å². The summed E-state index contributed by atoms with van der Waals surface area (Å²) in [5.41, 5.74) is 19.8. The van der Waals surface area contributed by atoms with E-state index in [-0.39, 0.29) is 11.6 Å². The minimum absolute atomic E-state index is 0.272. The van der Waals surface area contributed by atoms with Gasteiger partial charge in [-0.15, -0.1) is 0 Å².